The smallest absolute Gasteiger partial charge is 0.0864 e. The molecule has 0 radical (unpaired) electrons. The topological polar surface area (TPSA) is 38.1 Å². The molecule has 0 aliphatic carbocycles. The van der Waals surface area contributed by atoms with E-state index in [1.165, 1.54) is 0 Å². The van der Waals surface area contributed by atoms with Crippen LogP contribution in [0.2, 0.25) is 5.02 Å². The van der Waals surface area contributed by atoms with E-state index in [2.05, 4.69) is 21.0 Å². The predicted molar refractivity (Wildman–Crippen MR) is 75.8 cm³/mol. The lowest BCUT2D eigenvalue weighted by atomic mass is 10.0. The zero-order chi connectivity index (χ0) is 13.3. The summed E-state index contributed by atoms with van der Waals surface area (Å²) in [7, 11) is 1.86. The maximum absolute atomic E-state index is 10.2. The first kappa shape index (κ1) is 13.6. The highest BCUT2D eigenvalue weighted by atomic mass is 79.9. The van der Waals surface area contributed by atoms with Crippen LogP contribution in [0.25, 0.3) is 0 Å². The van der Waals surface area contributed by atoms with Crippen molar-refractivity contribution in [3.8, 4) is 0 Å². The first-order valence-corrected chi connectivity index (χ1v) is 6.76. The molecule has 1 heterocycles. The summed E-state index contributed by atoms with van der Waals surface area (Å²) in [5.74, 6) is 0. The standard InChI is InChI=1S/C13H14BrClN2O/c1-8-11(7-16-17(8)2)13(18)5-9-3-4-10(14)6-12(9)15/h3-4,6-7,13,18H,5H2,1-2H3. The minimum Gasteiger partial charge on any atom is -0.388 e. The third kappa shape index (κ3) is 2.76. The number of aromatic nitrogens is 2. The molecule has 1 unspecified atom stereocenters. The van der Waals surface area contributed by atoms with E-state index in [9.17, 15) is 5.11 Å². The number of nitrogens with zero attached hydrogens (tertiary/aromatic N) is 2. The molecular formula is C13H14BrClN2O. The molecule has 0 saturated carbocycles. The van der Waals surface area contributed by atoms with Gasteiger partial charge < -0.3 is 5.11 Å². The first-order valence-electron chi connectivity index (χ1n) is 5.59. The lowest BCUT2D eigenvalue weighted by Crippen LogP contribution is -2.04. The molecule has 0 aliphatic heterocycles. The van der Waals surface area contributed by atoms with Gasteiger partial charge in [0.15, 0.2) is 0 Å². The third-order valence-corrected chi connectivity index (χ3v) is 3.91. The van der Waals surface area contributed by atoms with Crippen LogP contribution in [0.4, 0.5) is 0 Å². The number of aliphatic hydroxyl groups is 1. The maximum Gasteiger partial charge on any atom is 0.0864 e. The number of hydrogen-bond acceptors (Lipinski definition) is 2. The molecule has 1 N–H and O–H groups in total. The molecular weight excluding hydrogens is 316 g/mol. The van der Waals surface area contributed by atoms with Crippen LogP contribution >= 0.6 is 27.5 Å². The van der Waals surface area contributed by atoms with E-state index in [1.807, 2.05) is 32.2 Å². The molecule has 0 bridgehead atoms. The van der Waals surface area contributed by atoms with E-state index in [-0.39, 0.29) is 0 Å². The third-order valence-electron chi connectivity index (χ3n) is 3.06. The molecule has 0 amide bonds. The summed E-state index contributed by atoms with van der Waals surface area (Å²) in [5, 5.41) is 15.0. The fraction of sp³-hybridized carbons (Fsp3) is 0.308. The van der Waals surface area contributed by atoms with Gasteiger partial charge in [-0.25, -0.2) is 0 Å². The molecule has 0 aliphatic rings. The lowest BCUT2D eigenvalue weighted by molar-refractivity contribution is 0.177. The van der Waals surface area contributed by atoms with Gasteiger partial charge in [0.1, 0.15) is 0 Å². The van der Waals surface area contributed by atoms with Gasteiger partial charge in [0, 0.05) is 34.2 Å². The summed E-state index contributed by atoms with van der Waals surface area (Å²) in [6, 6.07) is 5.67. The zero-order valence-electron chi connectivity index (χ0n) is 10.2. The second-order valence-corrected chi connectivity index (χ2v) is 5.59. The fourth-order valence-corrected chi connectivity index (χ4v) is 2.60. The van der Waals surface area contributed by atoms with Gasteiger partial charge in [-0.2, -0.15) is 5.10 Å². The van der Waals surface area contributed by atoms with E-state index in [4.69, 9.17) is 11.6 Å². The van der Waals surface area contributed by atoms with Crippen molar-refractivity contribution in [1.82, 2.24) is 9.78 Å². The van der Waals surface area contributed by atoms with Crippen molar-refractivity contribution in [2.75, 3.05) is 0 Å². The molecule has 1 atom stereocenters. The molecule has 1 aromatic heterocycles. The van der Waals surface area contributed by atoms with Gasteiger partial charge in [0.05, 0.1) is 12.3 Å². The van der Waals surface area contributed by atoms with Crippen LogP contribution in [0.5, 0.6) is 0 Å². The van der Waals surface area contributed by atoms with Crippen LogP contribution < -0.4 is 0 Å². The highest BCUT2D eigenvalue weighted by Crippen LogP contribution is 2.27. The predicted octanol–water partition coefficient (Wildman–Crippen LogP) is 3.42. The second-order valence-electron chi connectivity index (χ2n) is 4.26. The molecule has 0 fully saturated rings. The Morgan fingerprint density at radius 3 is 2.78 bits per heavy atom. The van der Waals surface area contributed by atoms with Gasteiger partial charge in [-0.3, -0.25) is 4.68 Å². The van der Waals surface area contributed by atoms with Gasteiger partial charge in [-0.05, 0) is 24.6 Å². The van der Waals surface area contributed by atoms with Crippen LogP contribution in [0.3, 0.4) is 0 Å². The minimum absolute atomic E-state index is 0.485. The monoisotopic (exact) mass is 328 g/mol. The molecule has 18 heavy (non-hydrogen) atoms. The number of hydrogen-bond donors (Lipinski definition) is 1. The van der Waals surface area contributed by atoms with E-state index in [0.29, 0.717) is 11.4 Å². The normalized spacial score (nSPS) is 12.7. The first-order chi connectivity index (χ1) is 8.49. The highest BCUT2D eigenvalue weighted by molar-refractivity contribution is 9.10. The summed E-state index contributed by atoms with van der Waals surface area (Å²) in [4.78, 5) is 0. The van der Waals surface area contributed by atoms with Crippen molar-refractivity contribution in [1.29, 1.82) is 0 Å². The van der Waals surface area contributed by atoms with Crippen LogP contribution in [-0.2, 0) is 13.5 Å². The average Bonchev–Trinajstić information content (AvgIpc) is 2.64. The van der Waals surface area contributed by atoms with E-state index in [1.54, 1.807) is 10.9 Å². The Kier molecular flexibility index (Phi) is 4.10. The summed E-state index contributed by atoms with van der Waals surface area (Å²) in [5.41, 5.74) is 2.74. The molecule has 2 rings (SSSR count). The van der Waals surface area contributed by atoms with Gasteiger partial charge in [-0.1, -0.05) is 33.6 Å². The average molecular weight is 330 g/mol. The van der Waals surface area contributed by atoms with Crippen molar-refractivity contribution in [3.05, 3.63) is 50.7 Å². The molecule has 1 aromatic carbocycles. The zero-order valence-corrected chi connectivity index (χ0v) is 12.5. The molecule has 2 aromatic rings. The Bertz CT molecular complexity index is 568. The van der Waals surface area contributed by atoms with E-state index < -0.39 is 6.10 Å². The molecule has 0 saturated heterocycles. The number of rotatable bonds is 3. The summed E-state index contributed by atoms with van der Waals surface area (Å²) < 4.78 is 2.69. The molecule has 0 spiro atoms. The number of aryl methyl sites for hydroxylation is 1. The number of aliphatic hydroxyl groups excluding tert-OH is 1. The van der Waals surface area contributed by atoms with Crippen LogP contribution in [0, 0.1) is 6.92 Å². The van der Waals surface area contributed by atoms with Crippen LogP contribution in [0.15, 0.2) is 28.9 Å². The number of halogens is 2. The largest absolute Gasteiger partial charge is 0.388 e. The molecule has 96 valence electrons. The van der Waals surface area contributed by atoms with Crippen LogP contribution in [-0.4, -0.2) is 14.9 Å². The Morgan fingerprint density at radius 1 is 1.50 bits per heavy atom. The summed E-state index contributed by atoms with van der Waals surface area (Å²) in [6.07, 6.45) is 1.60. The van der Waals surface area contributed by atoms with Gasteiger partial charge >= 0.3 is 0 Å². The Labute approximate surface area is 120 Å². The van der Waals surface area contributed by atoms with Crippen molar-refractivity contribution >= 4 is 27.5 Å². The molecule has 3 nitrogen and oxygen atoms in total. The lowest BCUT2D eigenvalue weighted by Gasteiger charge is -2.12. The van der Waals surface area contributed by atoms with Crippen molar-refractivity contribution in [3.63, 3.8) is 0 Å². The maximum atomic E-state index is 10.2. The fourth-order valence-electron chi connectivity index (χ4n) is 1.85. The molecule has 5 heteroatoms. The van der Waals surface area contributed by atoms with Gasteiger partial charge in [0.2, 0.25) is 0 Å². The quantitative estimate of drug-likeness (QED) is 0.937. The van der Waals surface area contributed by atoms with E-state index >= 15 is 0 Å². The summed E-state index contributed by atoms with van der Waals surface area (Å²) >= 11 is 9.51. The van der Waals surface area contributed by atoms with Crippen molar-refractivity contribution < 1.29 is 5.11 Å². The SMILES string of the molecule is Cc1c(C(O)Cc2ccc(Br)cc2Cl)cnn1C. The second kappa shape index (κ2) is 5.43. The van der Waals surface area contributed by atoms with Crippen molar-refractivity contribution in [2.45, 2.75) is 19.4 Å². The minimum atomic E-state index is -0.586. The Balaban J connectivity index is 2.21. The highest BCUT2D eigenvalue weighted by Gasteiger charge is 2.15. The van der Waals surface area contributed by atoms with Gasteiger partial charge in [-0.15, -0.1) is 0 Å². The van der Waals surface area contributed by atoms with Gasteiger partial charge in [0.25, 0.3) is 0 Å². The van der Waals surface area contributed by atoms with Crippen molar-refractivity contribution in [2.24, 2.45) is 7.05 Å². The Morgan fingerprint density at radius 2 is 2.22 bits per heavy atom. The number of benzene rings is 1. The van der Waals surface area contributed by atoms with E-state index in [0.717, 1.165) is 21.3 Å². The van der Waals surface area contributed by atoms with Crippen LogP contribution in [0.1, 0.15) is 22.9 Å². The summed E-state index contributed by atoms with van der Waals surface area (Å²) in [6.45, 7) is 1.94. The Hall–Kier alpha value is -0.840.